The highest BCUT2D eigenvalue weighted by atomic mass is 16.6. The lowest BCUT2D eigenvalue weighted by Gasteiger charge is -2.27. The Balaban J connectivity index is 4.05. The van der Waals surface area contributed by atoms with Crippen LogP contribution in [-0.4, -0.2) is 11.6 Å². The topological polar surface area (TPSA) is 26.3 Å². The van der Waals surface area contributed by atoms with E-state index < -0.39 is 0 Å². The number of hydrogen-bond acceptors (Lipinski definition) is 2. The fourth-order valence-corrected chi connectivity index (χ4v) is 1.79. The monoisotopic (exact) mass is 198 g/mol. The summed E-state index contributed by atoms with van der Waals surface area (Å²) < 4.78 is 5.25. The molecule has 2 nitrogen and oxygen atoms in total. The summed E-state index contributed by atoms with van der Waals surface area (Å²) in [6.45, 7) is 11.6. The van der Waals surface area contributed by atoms with Gasteiger partial charge in [0.25, 0.3) is 0 Å². The van der Waals surface area contributed by atoms with Crippen LogP contribution in [0.5, 0.6) is 0 Å². The van der Waals surface area contributed by atoms with Gasteiger partial charge in [-0.1, -0.05) is 33.3 Å². The van der Waals surface area contributed by atoms with E-state index in [0.29, 0.717) is 5.92 Å². The minimum atomic E-state index is -0.375. The van der Waals surface area contributed by atoms with Crippen LogP contribution in [0.25, 0.3) is 0 Å². The Morgan fingerprint density at radius 3 is 2.57 bits per heavy atom. The standard InChI is InChI=1S/C12H22O2/c1-6-8-10(3)9-12(4,5)14-11(13)7-2/h7,10H,2,6,8-9H2,1,3-5H3. The minimum Gasteiger partial charge on any atom is -0.457 e. The number of carbonyl (C=O) groups is 1. The van der Waals surface area contributed by atoms with Crippen LogP contribution in [-0.2, 0) is 9.53 Å². The van der Waals surface area contributed by atoms with Gasteiger partial charge in [-0.25, -0.2) is 4.79 Å². The fraction of sp³-hybridized carbons (Fsp3) is 0.750. The first-order chi connectivity index (χ1) is 6.41. The van der Waals surface area contributed by atoms with Gasteiger partial charge in [-0.15, -0.1) is 0 Å². The van der Waals surface area contributed by atoms with Gasteiger partial charge in [-0.05, 0) is 26.2 Å². The Bertz CT molecular complexity index is 194. The average molecular weight is 198 g/mol. The first-order valence-electron chi connectivity index (χ1n) is 5.26. The molecule has 0 aliphatic heterocycles. The molecule has 0 radical (unpaired) electrons. The van der Waals surface area contributed by atoms with Gasteiger partial charge < -0.3 is 4.74 Å². The van der Waals surface area contributed by atoms with Crippen molar-refractivity contribution in [2.24, 2.45) is 5.92 Å². The fourth-order valence-electron chi connectivity index (χ4n) is 1.79. The lowest BCUT2D eigenvalue weighted by molar-refractivity contribution is -0.151. The largest absolute Gasteiger partial charge is 0.457 e. The van der Waals surface area contributed by atoms with E-state index in [1.165, 1.54) is 18.9 Å². The summed E-state index contributed by atoms with van der Waals surface area (Å²) in [5.74, 6) is 0.256. The van der Waals surface area contributed by atoms with Crippen molar-refractivity contribution in [1.29, 1.82) is 0 Å². The van der Waals surface area contributed by atoms with E-state index in [9.17, 15) is 4.79 Å². The molecule has 0 saturated carbocycles. The number of carbonyl (C=O) groups excluding carboxylic acids is 1. The van der Waals surface area contributed by atoms with E-state index in [1.54, 1.807) is 0 Å². The zero-order chi connectivity index (χ0) is 11.2. The SMILES string of the molecule is C=CC(=O)OC(C)(C)CC(C)CCC. The predicted octanol–water partition coefficient (Wildman–Crippen LogP) is 3.32. The van der Waals surface area contributed by atoms with Crippen LogP contribution in [0.3, 0.4) is 0 Å². The molecule has 0 aromatic carbocycles. The zero-order valence-corrected chi connectivity index (χ0v) is 9.80. The van der Waals surface area contributed by atoms with Gasteiger partial charge in [0.05, 0.1) is 0 Å². The van der Waals surface area contributed by atoms with Gasteiger partial charge in [0, 0.05) is 6.08 Å². The highest BCUT2D eigenvalue weighted by molar-refractivity contribution is 5.81. The Kier molecular flexibility index (Phi) is 5.51. The van der Waals surface area contributed by atoms with Crippen molar-refractivity contribution < 1.29 is 9.53 Å². The van der Waals surface area contributed by atoms with Crippen molar-refractivity contribution in [3.05, 3.63) is 12.7 Å². The summed E-state index contributed by atoms with van der Waals surface area (Å²) in [6, 6.07) is 0. The van der Waals surface area contributed by atoms with Crippen LogP contribution in [0, 0.1) is 5.92 Å². The second-order valence-corrected chi connectivity index (χ2v) is 4.48. The van der Waals surface area contributed by atoms with Crippen molar-refractivity contribution >= 4 is 5.97 Å². The van der Waals surface area contributed by atoms with Crippen LogP contribution in [0.1, 0.15) is 47.0 Å². The molecule has 0 saturated heterocycles. The van der Waals surface area contributed by atoms with E-state index in [0.717, 1.165) is 6.42 Å². The summed E-state index contributed by atoms with van der Waals surface area (Å²) >= 11 is 0. The third kappa shape index (κ3) is 5.79. The minimum absolute atomic E-state index is 0.335. The highest BCUT2D eigenvalue weighted by Crippen LogP contribution is 2.23. The molecule has 0 bridgehead atoms. The second kappa shape index (κ2) is 5.84. The maximum Gasteiger partial charge on any atom is 0.330 e. The van der Waals surface area contributed by atoms with Crippen LogP contribution >= 0.6 is 0 Å². The molecule has 0 fully saturated rings. The molecule has 14 heavy (non-hydrogen) atoms. The Hall–Kier alpha value is -0.790. The van der Waals surface area contributed by atoms with E-state index in [1.807, 2.05) is 13.8 Å². The van der Waals surface area contributed by atoms with Gasteiger partial charge in [-0.2, -0.15) is 0 Å². The van der Waals surface area contributed by atoms with Crippen molar-refractivity contribution in [2.75, 3.05) is 0 Å². The first kappa shape index (κ1) is 13.2. The molecule has 0 N–H and O–H groups in total. The lowest BCUT2D eigenvalue weighted by atomic mass is 9.91. The number of rotatable bonds is 6. The molecule has 0 aliphatic carbocycles. The smallest absolute Gasteiger partial charge is 0.330 e. The summed E-state index contributed by atoms with van der Waals surface area (Å²) in [4.78, 5) is 11.0. The van der Waals surface area contributed by atoms with Gasteiger partial charge in [-0.3, -0.25) is 0 Å². The lowest BCUT2D eigenvalue weighted by Crippen LogP contribution is -2.29. The van der Waals surface area contributed by atoms with Gasteiger partial charge in [0.1, 0.15) is 5.60 Å². The van der Waals surface area contributed by atoms with E-state index in [4.69, 9.17) is 4.74 Å². The van der Waals surface area contributed by atoms with E-state index >= 15 is 0 Å². The molecule has 1 unspecified atom stereocenters. The van der Waals surface area contributed by atoms with Crippen molar-refractivity contribution in [3.8, 4) is 0 Å². The van der Waals surface area contributed by atoms with Crippen LogP contribution in [0.15, 0.2) is 12.7 Å². The quantitative estimate of drug-likeness (QED) is 0.483. The molecule has 0 amide bonds. The van der Waals surface area contributed by atoms with Crippen molar-refractivity contribution in [1.82, 2.24) is 0 Å². The molecule has 2 heteroatoms. The molecule has 0 aliphatic rings. The first-order valence-corrected chi connectivity index (χ1v) is 5.26. The van der Waals surface area contributed by atoms with Gasteiger partial charge in [0.2, 0.25) is 0 Å². The number of esters is 1. The van der Waals surface area contributed by atoms with Crippen LogP contribution in [0.2, 0.25) is 0 Å². The zero-order valence-electron chi connectivity index (χ0n) is 9.80. The molecule has 82 valence electrons. The molecule has 0 rings (SSSR count). The second-order valence-electron chi connectivity index (χ2n) is 4.48. The highest BCUT2D eigenvalue weighted by Gasteiger charge is 2.23. The summed E-state index contributed by atoms with van der Waals surface area (Å²) in [5.41, 5.74) is -0.375. The van der Waals surface area contributed by atoms with Gasteiger partial charge in [0.15, 0.2) is 0 Å². The maximum atomic E-state index is 11.0. The Morgan fingerprint density at radius 1 is 1.57 bits per heavy atom. The molecular formula is C12H22O2. The Labute approximate surface area is 87.3 Å². The van der Waals surface area contributed by atoms with Gasteiger partial charge >= 0.3 is 5.97 Å². The molecule has 0 aromatic rings. The normalized spacial score (nSPS) is 13.4. The van der Waals surface area contributed by atoms with Crippen LogP contribution in [0.4, 0.5) is 0 Å². The number of ether oxygens (including phenoxy) is 1. The third-order valence-electron chi connectivity index (χ3n) is 2.17. The molecular weight excluding hydrogens is 176 g/mol. The summed E-state index contributed by atoms with van der Waals surface area (Å²) in [7, 11) is 0. The number of hydrogen-bond donors (Lipinski definition) is 0. The van der Waals surface area contributed by atoms with E-state index in [-0.39, 0.29) is 11.6 Å². The maximum absolute atomic E-state index is 11.0. The molecule has 0 spiro atoms. The van der Waals surface area contributed by atoms with Crippen LogP contribution < -0.4 is 0 Å². The third-order valence-corrected chi connectivity index (χ3v) is 2.17. The molecule has 1 atom stereocenters. The van der Waals surface area contributed by atoms with Crippen molar-refractivity contribution in [3.63, 3.8) is 0 Å². The summed E-state index contributed by atoms with van der Waals surface area (Å²) in [5, 5.41) is 0. The molecule has 0 aromatic heterocycles. The average Bonchev–Trinajstić information content (AvgIpc) is 2.02. The van der Waals surface area contributed by atoms with Crippen molar-refractivity contribution in [2.45, 2.75) is 52.6 Å². The Morgan fingerprint density at radius 2 is 2.14 bits per heavy atom. The molecule has 0 heterocycles. The summed E-state index contributed by atoms with van der Waals surface area (Å²) in [6.07, 6.45) is 4.47. The predicted molar refractivity (Wildman–Crippen MR) is 59.1 cm³/mol. The van der Waals surface area contributed by atoms with E-state index in [2.05, 4.69) is 20.4 Å².